The van der Waals surface area contributed by atoms with Gasteiger partial charge < -0.3 is 0 Å². The lowest BCUT2D eigenvalue weighted by Crippen LogP contribution is -2.22. The van der Waals surface area contributed by atoms with Crippen LogP contribution in [-0.4, -0.2) is 15.7 Å². The number of halogens is 3. The van der Waals surface area contributed by atoms with E-state index >= 15 is 0 Å². The third-order valence-corrected chi connectivity index (χ3v) is 7.04. The zero-order valence-electron chi connectivity index (χ0n) is 7.67. The van der Waals surface area contributed by atoms with Crippen LogP contribution < -0.4 is 0 Å². The van der Waals surface area contributed by atoms with Gasteiger partial charge >= 0.3 is 0 Å². The molecule has 1 aliphatic rings. The molecule has 82 valence electrons. The Morgan fingerprint density at radius 3 is 2.20 bits per heavy atom. The summed E-state index contributed by atoms with van der Waals surface area (Å²) in [6.45, 7) is 0. The van der Waals surface area contributed by atoms with Gasteiger partial charge in [-0.15, -0.1) is 0 Å². The maximum Gasteiger partial charge on any atom is 0.0884 e. The fraction of sp³-hybridized carbons (Fsp3) is 0.333. The summed E-state index contributed by atoms with van der Waals surface area (Å²) >= 11 is 10.2. The minimum Gasteiger partial charge on any atom is -0.249 e. The van der Waals surface area contributed by atoms with Crippen LogP contribution in [-0.2, 0) is 9.73 Å². The van der Waals surface area contributed by atoms with E-state index in [2.05, 4.69) is 52.2 Å². The van der Waals surface area contributed by atoms with Crippen molar-refractivity contribution >= 4 is 63.2 Å². The standard InChI is InChI=1S/C9H8Br3NOS/c10-6-4-8(12)9(5-7(6)11)13-15(14)2-1-3-15/h4-5H,1-3H2. The molecule has 0 bridgehead atoms. The lowest BCUT2D eigenvalue weighted by atomic mass is 10.3. The van der Waals surface area contributed by atoms with Crippen LogP contribution >= 0.6 is 47.8 Å². The molecule has 0 atom stereocenters. The third kappa shape index (κ3) is 2.65. The minimum atomic E-state index is -1.94. The van der Waals surface area contributed by atoms with E-state index in [0.29, 0.717) is 0 Å². The summed E-state index contributed by atoms with van der Waals surface area (Å²) in [5, 5.41) is 0. The van der Waals surface area contributed by atoms with Gasteiger partial charge in [-0.1, -0.05) is 0 Å². The molecule has 0 saturated carbocycles. The first-order valence-electron chi connectivity index (χ1n) is 4.37. The van der Waals surface area contributed by atoms with Crippen molar-refractivity contribution in [3.05, 3.63) is 25.6 Å². The normalized spacial score (nSPS) is 18.3. The van der Waals surface area contributed by atoms with Crippen molar-refractivity contribution in [2.24, 2.45) is 4.36 Å². The van der Waals surface area contributed by atoms with E-state index in [0.717, 1.165) is 37.0 Å². The number of nitrogens with zero attached hydrogens (tertiary/aromatic N) is 1. The zero-order valence-corrected chi connectivity index (χ0v) is 13.2. The van der Waals surface area contributed by atoms with Gasteiger partial charge in [0.1, 0.15) is 0 Å². The van der Waals surface area contributed by atoms with Gasteiger partial charge in [-0.25, -0.2) is 4.21 Å². The topological polar surface area (TPSA) is 29.4 Å². The molecule has 0 amide bonds. The molecular weight excluding hydrogens is 410 g/mol. The highest BCUT2D eigenvalue weighted by molar-refractivity contribution is 9.13. The van der Waals surface area contributed by atoms with E-state index in [9.17, 15) is 4.21 Å². The van der Waals surface area contributed by atoms with Gasteiger partial charge in [-0.3, -0.25) is 0 Å². The Hall–Kier alpha value is 0.610. The summed E-state index contributed by atoms with van der Waals surface area (Å²) in [6.07, 6.45) is 1.03. The first-order chi connectivity index (χ1) is 7.00. The van der Waals surface area contributed by atoms with Crippen molar-refractivity contribution in [1.29, 1.82) is 0 Å². The van der Waals surface area contributed by atoms with Crippen LogP contribution in [0.4, 0.5) is 5.69 Å². The largest absolute Gasteiger partial charge is 0.249 e. The molecule has 15 heavy (non-hydrogen) atoms. The van der Waals surface area contributed by atoms with Crippen LogP contribution in [0.3, 0.4) is 0 Å². The summed E-state index contributed by atoms with van der Waals surface area (Å²) in [5.41, 5.74) is 0.759. The van der Waals surface area contributed by atoms with E-state index in [1.54, 1.807) is 0 Å². The van der Waals surface area contributed by atoms with Crippen LogP contribution in [0.15, 0.2) is 29.9 Å². The van der Waals surface area contributed by atoms with E-state index in [-0.39, 0.29) is 0 Å². The Kier molecular flexibility index (Phi) is 3.60. The van der Waals surface area contributed by atoms with Gasteiger partial charge in [0.25, 0.3) is 0 Å². The average molecular weight is 418 g/mol. The van der Waals surface area contributed by atoms with E-state index < -0.39 is 9.73 Å². The second-order valence-electron chi connectivity index (χ2n) is 3.34. The SMILES string of the molecule is O=S1(=Nc2cc(Br)c(Br)cc2Br)CCC1. The third-order valence-electron chi connectivity index (χ3n) is 2.18. The predicted molar refractivity (Wildman–Crippen MR) is 74.1 cm³/mol. The summed E-state index contributed by atoms with van der Waals surface area (Å²) in [4.78, 5) is 0. The number of benzene rings is 1. The lowest BCUT2D eigenvalue weighted by molar-refractivity contribution is 0.663. The molecule has 0 N–H and O–H groups in total. The van der Waals surface area contributed by atoms with Crippen LogP contribution in [0, 0.1) is 0 Å². The van der Waals surface area contributed by atoms with Crippen molar-refractivity contribution in [3.8, 4) is 0 Å². The minimum absolute atomic E-state index is 0.729. The molecule has 1 saturated heterocycles. The monoisotopic (exact) mass is 415 g/mol. The van der Waals surface area contributed by atoms with Gasteiger partial charge in [0, 0.05) is 24.9 Å². The molecule has 1 fully saturated rings. The zero-order chi connectivity index (χ0) is 11.1. The van der Waals surface area contributed by atoms with Gasteiger partial charge in [-0.2, -0.15) is 4.36 Å². The highest BCUT2D eigenvalue weighted by atomic mass is 79.9. The fourth-order valence-corrected chi connectivity index (χ4v) is 4.25. The Balaban J connectivity index is 2.50. The second-order valence-corrected chi connectivity index (χ2v) is 8.45. The van der Waals surface area contributed by atoms with Gasteiger partial charge in [0.15, 0.2) is 0 Å². The van der Waals surface area contributed by atoms with E-state index in [4.69, 9.17) is 0 Å². The summed E-state index contributed by atoms with van der Waals surface area (Å²) in [5.74, 6) is 1.46. The van der Waals surface area contributed by atoms with Crippen LogP contribution in [0.1, 0.15) is 6.42 Å². The van der Waals surface area contributed by atoms with Crippen LogP contribution in [0.2, 0.25) is 0 Å². The summed E-state index contributed by atoms with van der Waals surface area (Å²) < 4.78 is 19.0. The number of rotatable bonds is 1. The maximum absolute atomic E-state index is 11.9. The molecule has 1 heterocycles. The first kappa shape index (κ1) is 12.1. The molecule has 6 heteroatoms. The molecule has 2 rings (SSSR count). The quantitative estimate of drug-likeness (QED) is 0.619. The van der Waals surface area contributed by atoms with Gasteiger partial charge in [0.05, 0.1) is 15.4 Å². The fourth-order valence-electron chi connectivity index (χ4n) is 1.24. The van der Waals surface area contributed by atoms with Gasteiger partial charge in [0.2, 0.25) is 0 Å². The van der Waals surface area contributed by atoms with Gasteiger partial charge in [-0.05, 0) is 66.3 Å². The summed E-state index contributed by atoms with van der Waals surface area (Å²) in [7, 11) is -1.94. The van der Waals surface area contributed by atoms with Crippen molar-refractivity contribution in [3.63, 3.8) is 0 Å². The predicted octanol–water partition coefficient (Wildman–Crippen LogP) is 4.48. The molecule has 0 unspecified atom stereocenters. The molecule has 1 aromatic rings. The molecule has 0 radical (unpaired) electrons. The Labute approximate surface area is 114 Å². The van der Waals surface area contributed by atoms with Crippen LogP contribution in [0.25, 0.3) is 0 Å². The molecular formula is C9H8Br3NOS. The molecule has 0 aliphatic carbocycles. The Bertz CT molecular complexity index is 510. The average Bonchev–Trinajstić information content (AvgIpc) is 2.11. The summed E-state index contributed by atoms with van der Waals surface area (Å²) in [6, 6.07) is 3.78. The second kappa shape index (κ2) is 4.47. The lowest BCUT2D eigenvalue weighted by Gasteiger charge is -2.18. The smallest absolute Gasteiger partial charge is 0.0884 e. The van der Waals surface area contributed by atoms with E-state index in [1.165, 1.54) is 0 Å². The molecule has 0 aromatic heterocycles. The number of hydrogen-bond donors (Lipinski definition) is 0. The van der Waals surface area contributed by atoms with Crippen molar-refractivity contribution in [1.82, 2.24) is 0 Å². The highest BCUT2D eigenvalue weighted by Crippen LogP contribution is 2.36. The Morgan fingerprint density at radius 2 is 1.67 bits per heavy atom. The van der Waals surface area contributed by atoms with Crippen molar-refractivity contribution < 1.29 is 4.21 Å². The van der Waals surface area contributed by atoms with Crippen molar-refractivity contribution in [2.75, 3.05) is 11.5 Å². The molecule has 2 nitrogen and oxygen atoms in total. The molecule has 1 aromatic carbocycles. The number of hydrogen-bond acceptors (Lipinski definition) is 2. The highest BCUT2D eigenvalue weighted by Gasteiger charge is 2.19. The Morgan fingerprint density at radius 1 is 1.07 bits per heavy atom. The molecule has 0 spiro atoms. The van der Waals surface area contributed by atoms with Crippen molar-refractivity contribution in [2.45, 2.75) is 6.42 Å². The first-order valence-corrected chi connectivity index (χ1v) is 8.60. The molecule has 1 aliphatic heterocycles. The van der Waals surface area contributed by atoms with Crippen LogP contribution in [0.5, 0.6) is 0 Å². The maximum atomic E-state index is 11.9. The van der Waals surface area contributed by atoms with E-state index in [1.807, 2.05) is 12.1 Å².